The first-order chi connectivity index (χ1) is 6.26. The van der Waals surface area contributed by atoms with Gasteiger partial charge in [0.2, 0.25) is 0 Å². The van der Waals surface area contributed by atoms with Gasteiger partial charge in [0.05, 0.1) is 12.2 Å². The lowest BCUT2D eigenvalue weighted by Crippen LogP contribution is -2.28. The third-order valence-electron chi connectivity index (χ3n) is 2.05. The van der Waals surface area contributed by atoms with E-state index in [-0.39, 0.29) is 12.2 Å². The van der Waals surface area contributed by atoms with Crippen molar-refractivity contribution in [1.82, 2.24) is 0 Å². The van der Waals surface area contributed by atoms with Crippen molar-refractivity contribution in [3.05, 3.63) is 12.7 Å². The van der Waals surface area contributed by atoms with E-state index in [0.717, 1.165) is 25.7 Å². The van der Waals surface area contributed by atoms with Crippen LogP contribution in [0.25, 0.3) is 0 Å². The van der Waals surface area contributed by atoms with Crippen LogP contribution in [0.4, 0.5) is 0 Å². The highest BCUT2D eigenvalue weighted by Gasteiger charge is 2.17. The molecule has 0 saturated carbocycles. The molecule has 2 heteroatoms. The van der Waals surface area contributed by atoms with Crippen LogP contribution in [-0.2, 0) is 4.74 Å². The number of rotatable bonds is 8. The van der Waals surface area contributed by atoms with Crippen LogP contribution in [0.3, 0.4) is 0 Å². The fourth-order valence-electron chi connectivity index (χ4n) is 1.36. The molecule has 0 radical (unpaired) electrons. The van der Waals surface area contributed by atoms with E-state index >= 15 is 0 Å². The van der Waals surface area contributed by atoms with Gasteiger partial charge in [-0.25, -0.2) is 0 Å². The van der Waals surface area contributed by atoms with E-state index in [1.54, 1.807) is 0 Å². The van der Waals surface area contributed by atoms with Crippen LogP contribution in [0, 0.1) is 0 Å². The van der Waals surface area contributed by atoms with E-state index in [9.17, 15) is 5.11 Å². The molecule has 0 amide bonds. The zero-order valence-corrected chi connectivity index (χ0v) is 8.83. The Hall–Kier alpha value is -0.340. The van der Waals surface area contributed by atoms with Gasteiger partial charge in [0.1, 0.15) is 0 Å². The van der Waals surface area contributed by atoms with Crippen molar-refractivity contribution < 1.29 is 9.84 Å². The molecule has 13 heavy (non-hydrogen) atoms. The molecule has 0 fully saturated rings. The molecule has 0 aromatic carbocycles. The minimum Gasteiger partial charge on any atom is -0.390 e. The van der Waals surface area contributed by atoms with Gasteiger partial charge in [-0.1, -0.05) is 19.4 Å². The topological polar surface area (TPSA) is 29.5 Å². The number of allylic oxidation sites excluding steroid dienone is 1. The summed E-state index contributed by atoms with van der Waals surface area (Å²) in [5.41, 5.74) is 0. The average Bonchev–Trinajstić information content (AvgIpc) is 2.14. The summed E-state index contributed by atoms with van der Waals surface area (Å²) < 4.78 is 5.46. The Bertz CT molecular complexity index is 117. The predicted molar refractivity (Wildman–Crippen MR) is 55.8 cm³/mol. The molecule has 0 aromatic heterocycles. The molecule has 0 spiro atoms. The van der Waals surface area contributed by atoms with E-state index in [1.165, 1.54) is 0 Å². The second-order valence-electron chi connectivity index (χ2n) is 3.22. The van der Waals surface area contributed by atoms with Crippen molar-refractivity contribution in [3.63, 3.8) is 0 Å². The zero-order valence-electron chi connectivity index (χ0n) is 8.83. The molecule has 0 aliphatic carbocycles. The lowest BCUT2D eigenvalue weighted by atomic mass is 10.0. The third-order valence-corrected chi connectivity index (χ3v) is 2.05. The fraction of sp³-hybridized carbons (Fsp3) is 0.818. The summed E-state index contributed by atoms with van der Waals surface area (Å²) in [7, 11) is 0. The number of hydrogen-bond donors (Lipinski definition) is 1. The quantitative estimate of drug-likeness (QED) is 0.590. The predicted octanol–water partition coefficient (Wildman–Crippen LogP) is 2.52. The zero-order chi connectivity index (χ0) is 10.1. The molecule has 0 aliphatic heterocycles. The molecule has 0 aliphatic rings. The van der Waals surface area contributed by atoms with Gasteiger partial charge < -0.3 is 9.84 Å². The molecular formula is C11H22O2. The van der Waals surface area contributed by atoms with Gasteiger partial charge in [-0.15, -0.1) is 6.58 Å². The monoisotopic (exact) mass is 186 g/mol. The van der Waals surface area contributed by atoms with Crippen LogP contribution < -0.4 is 0 Å². The van der Waals surface area contributed by atoms with Gasteiger partial charge in [0.25, 0.3) is 0 Å². The van der Waals surface area contributed by atoms with E-state index in [0.29, 0.717) is 6.61 Å². The Morgan fingerprint density at radius 2 is 2.08 bits per heavy atom. The Morgan fingerprint density at radius 3 is 2.54 bits per heavy atom. The normalized spacial score (nSPS) is 15.3. The molecule has 2 atom stereocenters. The van der Waals surface area contributed by atoms with Gasteiger partial charge in [-0.2, -0.15) is 0 Å². The summed E-state index contributed by atoms with van der Waals surface area (Å²) in [6.07, 6.45) is 5.11. The number of hydrogen-bond acceptors (Lipinski definition) is 2. The summed E-state index contributed by atoms with van der Waals surface area (Å²) in [4.78, 5) is 0. The smallest absolute Gasteiger partial charge is 0.0833 e. The highest BCUT2D eigenvalue weighted by Crippen LogP contribution is 2.12. The molecule has 0 bridgehead atoms. The minimum absolute atomic E-state index is 0.00921. The summed E-state index contributed by atoms with van der Waals surface area (Å²) in [6.45, 7) is 8.37. The summed E-state index contributed by atoms with van der Waals surface area (Å²) >= 11 is 0. The highest BCUT2D eigenvalue weighted by atomic mass is 16.5. The first-order valence-electron chi connectivity index (χ1n) is 5.16. The lowest BCUT2D eigenvalue weighted by Gasteiger charge is -2.21. The molecule has 0 heterocycles. The van der Waals surface area contributed by atoms with Gasteiger partial charge in [-0.05, 0) is 26.2 Å². The van der Waals surface area contributed by atoms with Crippen LogP contribution in [0.5, 0.6) is 0 Å². The Morgan fingerprint density at radius 1 is 1.38 bits per heavy atom. The molecule has 1 N–H and O–H groups in total. The van der Waals surface area contributed by atoms with Crippen LogP contribution in [-0.4, -0.2) is 23.9 Å². The van der Waals surface area contributed by atoms with Crippen LogP contribution in [0.15, 0.2) is 12.7 Å². The van der Waals surface area contributed by atoms with Crippen molar-refractivity contribution in [2.24, 2.45) is 0 Å². The summed E-state index contributed by atoms with van der Waals surface area (Å²) in [6, 6.07) is 0. The molecule has 78 valence electrons. The molecule has 0 saturated heterocycles. The van der Waals surface area contributed by atoms with E-state index in [2.05, 4.69) is 13.5 Å². The number of aliphatic hydroxyl groups is 1. The van der Waals surface area contributed by atoms with E-state index in [4.69, 9.17) is 4.74 Å². The van der Waals surface area contributed by atoms with Gasteiger partial charge in [-0.3, -0.25) is 0 Å². The maximum atomic E-state index is 9.73. The highest BCUT2D eigenvalue weighted by molar-refractivity contribution is 4.74. The summed E-state index contributed by atoms with van der Waals surface area (Å²) in [5, 5.41) is 9.73. The second kappa shape index (κ2) is 8.27. The Balaban J connectivity index is 3.78. The minimum atomic E-state index is -0.335. The second-order valence-corrected chi connectivity index (χ2v) is 3.22. The standard InChI is InChI=1S/C11H22O2/c1-4-7-9-10(12)11(8-5-2)13-6-3/h4,10-12H,1,5-9H2,2-3H3. The van der Waals surface area contributed by atoms with Crippen molar-refractivity contribution in [2.75, 3.05) is 6.61 Å². The first kappa shape index (κ1) is 12.7. The van der Waals surface area contributed by atoms with E-state index in [1.807, 2.05) is 13.0 Å². The lowest BCUT2D eigenvalue weighted by molar-refractivity contribution is -0.0395. The third kappa shape index (κ3) is 5.83. The van der Waals surface area contributed by atoms with Gasteiger partial charge in [0, 0.05) is 6.61 Å². The number of ether oxygens (including phenoxy) is 1. The van der Waals surface area contributed by atoms with Crippen molar-refractivity contribution >= 4 is 0 Å². The molecule has 2 unspecified atom stereocenters. The molecular weight excluding hydrogens is 164 g/mol. The maximum absolute atomic E-state index is 9.73. The van der Waals surface area contributed by atoms with Crippen molar-refractivity contribution in [1.29, 1.82) is 0 Å². The first-order valence-corrected chi connectivity index (χ1v) is 5.16. The van der Waals surface area contributed by atoms with Crippen LogP contribution >= 0.6 is 0 Å². The van der Waals surface area contributed by atoms with Gasteiger partial charge in [0.15, 0.2) is 0 Å². The fourth-order valence-corrected chi connectivity index (χ4v) is 1.36. The Labute approximate surface area is 81.6 Å². The van der Waals surface area contributed by atoms with Crippen molar-refractivity contribution in [3.8, 4) is 0 Å². The van der Waals surface area contributed by atoms with Crippen LogP contribution in [0.2, 0.25) is 0 Å². The van der Waals surface area contributed by atoms with Crippen molar-refractivity contribution in [2.45, 2.75) is 51.7 Å². The average molecular weight is 186 g/mol. The van der Waals surface area contributed by atoms with Gasteiger partial charge >= 0.3 is 0 Å². The maximum Gasteiger partial charge on any atom is 0.0833 e. The number of aliphatic hydroxyl groups excluding tert-OH is 1. The van der Waals surface area contributed by atoms with E-state index < -0.39 is 0 Å². The molecule has 0 aromatic rings. The summed E-state index contributed by atoms with van der Waals surface area (Å²) in [5.74, 6) is 0. The Kier molecular flexibility index (Phi) is 8.05. The van der Waals surface area contributed by atoms with Crippen LogP contribution in [0.1, 0.15) is 39.5 Å². The largest absolute Gasteiger partial charge is 0.390 e. The SMILES string of the molecule is C=CCCC(O)C(CCC)OCC. The molecule has 0 rings (SSSR count). The molecule has 2 nitrogen and oxygen atoms in total.